The van der Waals surface area contributed by atoms with Gasteiger partial charge in [0.2, 0.25) is 0 Å². The molecule has 5 heteroatoms. The fourth-order valence-corrected chi connectivity index (χ4v) is 2.09. The van der Waals surface area contributed by atoms with Crippen LogP contribution in [0.15, 0.2) is 29.3 Å². The predicted molar refractivity (Wildman–Crippen MR) is 76.7 cm³/mol. The summed E-state index contributed by atoms with van der Waals surface area (Å²) < 4.78 is 10.6. The number of aliphatic imine (C=N–C) groups is 1. The molecule has 3 N–H and O–H groups in total. The van der Waals surface area contributed by atoms with E-state index in [9.17, 15) is 0 Å². The third-order valence-corrected chi connectivity index (χ3v) is 3.14. The first-order valence-corrected chi connectivity index (χ1v) is 6.57. The molecule has 1 aliphatic carbocycles. The molecule has 1 aromatic rings. The molecule has 1 aromatic carbocycles. The lowest BCUT2D eigenvalue weighted by molar-refractivity contribution is -0.000702. The van der Waals surface area contributed by atoms with Crippen molar-refractivity contribution in [2.24, 2.45) is 10.7 Å². The predicted octanol–water partition coefficient (Wildman–Crippen LogP) is 1.99. The molecule has 0 bridgehead atoms. The number of nitrogens with two attached hydrogens (primary N) is 1. The number of guanidine groups is 1. The third kappa shape index (κ3) is 3.86. The highest BCUT2D eigenvalue weighted by Gasteiger charge is 2.29. The first-order valence-electron chi connectivity index (χ1n) is 6.57. The second-order valence-electron chi connectivity index (χ2n) is 4.57. The molecule has 0 atom stereocenters. The van der Waals surface area contributed by atoms with Gasteiger partial charge in [-0.25, -0.2) is 4.99 Å². The van der Waals surface area contributed by atoms with Gasteiger partial charge in [0, 0.05) is 18.4 Å². The molecule has 1 saturated carbocycles. The van der Waals surface area contributed by atoms with Crippen molar-refractivity contribution < 1.29 is 9.47 Å². The highest BCUT2D eigenvalue weighted by atomic mass is 16.5. The van der Waals surface area contributed by atoms with Crippen LogP contribution in [-0.2, 0) is 4.74 Å². The molecule has 0 saturated heterocycles. The topological polar surface area (TPSA) is 68.9 Å². The Labute approximate surface area is 113 Å². The summed E-state index contributed by atoms with van der Waals surface area (Å²) in [6, 6.07) is 7.87. The van der Waals surface area contributed by atoms with Crippen molar-refractivity contribution in [1.82, 2.24) is 0 Å². The van der Waals surface area contributed by atoms with Crippen LogP contribution in [-0.4, -0.2) is 31.8 Å². The van der Waals surface area contributed by atoms with E-state index in [-0.39, 0.29) is 6.04 Å². The lowest BCUT2D eigenvalue weighted by Gasteiger charge is -2.32. The zero-order chi connectivity index (χ0) is 13.7. The number of rotatable bonds is 5. The number of ether oxygens (including phenoxy) is 2. The zero-order valence-electron chi connectivity index (χ0n) is 11.4. The Hall–Kier alpha value is -1.75. The van der Waals surface area contributed by atoms with E-state index in [0.29, 0.717) is 12.1 Å². The van der Waals surface area contributed by atoms with Gasteiger partial charge in [0.15, 0.2) is 5.96 Å². The standard InChI is InChI=1S/C14H21N3O2/c1-3-19-13-8-11(9-13)17-14(15)16-10-5-4-6-12(7-10)18-2/h4-7,11,13H,3,8-9H2,1-2H3,(H3,15,16,17). The highest BCUT2D eigenvalue weighted by molar-refractivity contribution is 5.92. The van der Waals surface area contributed by atoms with Crippen molar-refractivity contribution in [3.8, 4) is 5.75 Å². The molecular weight excluding hydrogens is 242 g/mol. The Morgan fingerprint density at radius 1 is 1.47 bits per heavy atom. The summed E-state index contributed by atoms with van der Waals surface area (Å²) >= 11 is 0. The highest BCUT2D eigenvalue weighted by Crippen LogP contribution is 2.26. The number of hydrogen-bond acceptors (Lipinski definition) is 3. The summed E-state index contributed by atoms with van der Waals surface area (Å²) in [5.74, 6) is 1.23. The minimum absolute atomic E-state index is 0.273. The van der Waals surface area contributed by atoms with Gasteiger partial charge in [-0.05, 0) is 31.9 Å². The van der Waals surface area contributed by atoms with Crippen LogP contribution in [0.1, 0.15) is 19.8 Å². The van der Waals surface area contributed by atoms with Crippen molar-refractivity contribution in [1.29, 1.82) is 0 Å². The maximum Gasteiger partial charge on any atom is 0.193 e. The molecule has 0 heterocycles. The molecule has 0 aromatic heterocycles. The quantitative estimate of drug-likeness (QED) is 0.629. The maximum absolute atomic E-state index is 5.88. The summed E-state index contributed by atoms with van der Waals surface area (Å²) in [6.07, 6.45) is 2.26. The van der Waals surface area contributed by atoms with Crippen molar-refractivity contribution >= 4 is 11.6 Å². The molecule has 2 rings (SSSR count). The normalized spacial score (nSPS) is 22.7. The van der Waals surface area contributed by atoms with Crippen LogP contribution in [0.25, 0.3) is 0 Å². The van der Waals surface area contributed by atoms with Gasteiger partial charge in [0.1, 0.15) is 5.75 Å². The summed E-state index contributed by atoms with van der Waals surface area (Å²) in [7, 11) is 1.64. The number of methoxy groups -OCH3 is 1. The zero-order valence-corrected chi connectivity index (χ0v) is 11.4. The van der Waals surface area contributed by atoms with Crippen LogP contribution < -0.4 is 15.8 Å². The molecule has 0 aliphatic heterocycles. The molecule has 5 nitrogen and oxygen atoms in total. The van der Waals surface area contributed by atoms with Crippen molar-refractivity contribution in [2.45, 2.75) is 31.9 Å². The van der Waals surface area contributed by atoms with Crippen LogP contribution >= 0.6 is 0 Å². The lowest BCUT2D eigenvalue weighted by Crippen LogP contribution is -2.37. The Balaban J connectivity index is 1.85. The lowest BCUT2D eigenvalue weighted by atomic mass is 9.90. The maximum atomic E-state index is 5.88. The van der Waals surface area contributed by atoms with E-state index in [0.717, 1.165) is 30.9 Å². The van der Waals surface area contributed by atoms with E-state index in [1.54, 1.807) is 7.11 Å². The third-order valence-electron chi connectivity index (χ3n) is 3.14. The Morgan fingerprint density at radius 3 is 2.95 bits per heavy atom. The summed E-state index contributed by atoms with van der Waals surface area (Å²) in [5.41, 5.74) is 6.76. The van der Waals surface area contributed by atoms with E-state index < -0.39 is 0 Å². The molecule has 1 aliphatic rings. The molecule has 0 spiro atoms. The number of nitrogens with zero attached hydrogens (tertiary/aromatic N) is 1. The van der Waals surface area contributed by atoms with Crippen LogP contribution in [0, 0.1) is 0 Å². The molecular formula is C14H21N3O2. The average molecular weight is 263 g/mol. The van der Waals surface area contributed by atoms with E-state index in [1.165, 1.54) is 0 Å². The molecule has 0 unspecified atom stereocenters. The second-order valence-corrected chi connectivity index (χ2v) is 4.57. The van der Waals surface area contributed by atoms with Gasteiger partial charge >= 0.3 is 0 Å². The fourth-order valence-electron chi connectivity index (χ4n) is 2.09. The first-order chi connectivity index (χ1) is 9.21. The summed E-state index contributed by atoms with van der Waals surface area (Å²) in [4.78, 5) is 4.43. The number of benzene rings is 1. The Morgan fingerprint density at radius 2 is 2.26 bits per heavy atom. The summed E-state index contributed by atoms with van der Waals surface area (Å²) in [6.45, 7) is 2.77. The number of hydrogen-bond donors (Lipinski definition) is 2. The largest absolute Gasteiger partial charge is 0.497 e. The monoisotopic (exact) mass is 263 g/mol. The van der Waals surface area contributed by atoms with Gasteiger partial charge in [-0.1, -0.05) is 6.07 Å². The van der Waals surface area contributed by atoms with Crippen molar-refractivity contribution in [2.75, 3.05) is 19.0 Å². The summed E-state index contributed by atoms with van der Waals surface area (Å²) in [5, 5.41) is 3.07. The Bertz CT molecular complexity index is 442. The van der Waals surface area contributed by atoms with Crippen LogP contribution in [0.2, 0.25) is 0 Å². The van der Waals surface area contributed by atoms with E-state index in [2.05, 4.69) is 10.3 Å². The van der Waals surface area contributed by atoms with Gasteiger partial charge in [-0.2, -0.15) is 0 Å². The van der Waals surface area contributed by atoms with E-state index in [4.69, 9.17) is 15.2 Å². The van der Waals surface area contributed by atoms with E-state index >= 15 is 0 Å². The van der Waals surface area contributed by atoms with Crippen molar-refractivity contribution in [3.05, 3.63) is 24.3 Å². The number of anilines is 1. The number of nitrogens with one attached hydrogen (secondary N) is 1. The minimum atomic E-state index is 0.273. The Kier molecular flexibility index (Phi) is 4.63. The molecule has 0 amide bonds. The average Bonchev–Trinajstić information content (AvgIpc) is 2.36. The van der Waals surface area contributed by atoms with E-state index in [1.807, 2.05) is 31.2 Å². The van der Waals surface area contributed by atoms with Crippen LogP contribution in [0.3, 0.4) is 0 Å². The molecule has 19 heavy (non-hydrogen) atoms. The van der Waals surface area contributed by atoms with Crippen LogP contribution in [0.5, 0.6) is 5.75 Å². The molecule has 1 fully saturated rings. The van der Waals surface area contributed by atoms with Crippen molar-refractivity contribution in [3.63, 3.8) is 0 Å². The smallest absolute Gasteiger partial charge is 0.193 e. The van der Waals surface area contributed by atoms with Gasteiger partial charge in [-0.15, -0.1) is 0 Å². The van der Waals surface area contributed by atoms with Gasteiger partial charge in [0.25, 0.3) is 0 Å². The first kappa shape index (κ1) is 13.7. The molecule has 0 radical (unpaired) electrons. The minimum Gasteiger partial charge on any atom is -0.497 e. The molecule has 104 valence electrons. The van der Waals surface area contributed by atoms with Crippen LogP contribution in [0.4, 0.5) is 5.69 Å². The SMILES string of the molecule is CCOC1CC(N=C(N)Nc2cccc(OC)c2)C1. The van der Waals surface area contributed by atoms with Gasteiger partial charge in [-0.3, -0.25) is 0 Å². The second kappa shape index (κ2) is 6.43. The van der Waals surface area contributed by atoms with Gasteiger partial charge < -0.3 is 20.5 Å². The van der Waals surface area contributed by atoms with Gasteiger partial charge in [0.05, 0.1) is 19.3 Å². The fraction of sp³-hybridized carbons (Fsp3) is 0.500.